The molecule has 0 fully saturated rings. The van der Waals surface area contributed by atoms with Crippen LogP contribution in [-0.4, -0.2) is 135 Å². The SMILES string of the molecule is O=C(O)CCC(=O)NCCCOCCOCCOCCOCCOCCOCCOCCOCCBr. The van der Waals surface area contributed by atoms with Crippen molar-refractivity contribution >= 4 is 27.8 Å². The van der Waals surface area contributed by atoms with Crippen molar-refractivity contribution in [2.75, 3.05) is 118 Å². The molecule has 0 spiro atoms. The van der Waals surface area contributed by atoms with Crippen molar-refractivity contribution < 1.29 is 52.6 Å². The molecule has 0 aromatic heterocycles. The second-order valence-electron chi connectivity index (χ2n) is 7.19. The lowest BCUT2D eigenvalue weighted by Crippen LogP contribution is -2.25. The highest BCUT2D eigenvalue weighted by Crippen LogP contribution is 1.90. The van der Waals surface area contributed by atoms with Gasteiger partial charge >= 0.3 is 5.97 Å². The van der Waals surface area contributed by atoms with E-state index in [1.54, 1.807) is 0 Å². The van der Waals surface area contributed by atoms with Crippen LogP contribution in [0.2, 0.25) is 0 Å². The Balaban J connectivity index is 3.07. The molecule has 12 nitrogen and oxygen atoms in total. The number of carboxylic acids is 1. The maximum absolute atomic E-state index is 11.3. The van der Waals surface area contributed by atoms with Crippen molar-refractivity contribution in [2.24, 2.45) is 0 Å². The first-order chi connectivity index (χ1) is 17.7. The van der Waals surface area contributed by atoms with Crippen molar-refractivity contribution in [3.05, 3.63) is 0 Å². The minimum absolute atomic E-state index is 0.00459. The first kappa shape index (κ1) is 35.1. The van der Waals surface area contributed by atoms with E-state index in [1.807, 2.05) is 0 Å². The number of carboxylic acid groups (broad SMARTS) is 1. The van der Waals surface area contributed by atoms with Gasteiger partial charge in [0, 0.05) is 24.9 Å². The zero-order chi connectivity index (χ0) is 26.4. The summed E-state index contributed by atoms with van der Waals surface area (Å²) in [6, 6.07) is 0. The Bertz CT molecular complexity index is 489. The number of rotatable bonds is 30. The third kappa shape index (κ3) is 31.1. The second-order valence-corrected chi connectivity index (χ2v) is 7.98. The molecule has 0 radical (unpaired) electrons. The molecule has 0 saturated heterocycles. The molecule has 0 saturated carbocycles. The zero-order valence-electron chi connectivity index (χ0n) is 21.3. The number of hydrogen-bond acceptors (Lipinski definition) is 10. The van der Waals surface area contributed by atoms with Gasteiger partial charge in [-0.1, -0.05) is 15.9 Å². The molecule has 13 heteroatoms. The van der Waals surface area contributed by atoms with E-state index in [0.717, 1.165) is 5.33 Å². The number of carbonyl (C=O) groups excluding carboxylic acids is 1. The third-order valence-electron chi connectivity index (χ3n) is 4.18. The molecule has 0 rings (SSSR count). The quantitative estimate of drug-likeness (QED) is 0.0911. The van der Waals surface area contributed by atoms with E-state index < -0.39 is 5.97 Å². The molecular formula is C23H44BrNO11. The summed E-state index contributed by atoms with van der Waals surface area (Å²) in [7, 11) is 0. The summed E-state index contributed by atoms with van der Waals surface area (Å²) in [5, 5.41) is 12.0. The molecule has 0 bridgehead atoms. The van der Waals surface area contributed by atoms with E-state index in [4.69, 9.17) is 43.0 Å². The number of aliphatic carboxylic acids is 1. The standard InChI is InChI=1S/C23H44BrNO11/c24-4-7-30-9-11-32-13-15-34-17-19-36-21-20-35-18-16-33-14-12-31-10-8-29-6-1-5-25-22(26)2-3-23(27)28/h1-21H2,(H,25,26)(H,27,28). The van der Waals surface area contributed by atoms with Gasteiger partial charge in [0.05, 0.1) is 106 Å². The van der Waals surface area contributed by atoms with Crippen molar-refractivity contribution in [3.8, 4) is 0 Å². The van der Waals surface area contributed by atoms with E-state index in [0.29, 0.717) is 119 Å². The molecule has 214 valence electrons. The summed E-state index contributed by atoms with van der Waals surface area (Å²) in [4.78, 5) is 21.7. The van der Waals surface area contributed by atoms with E-state index in [9.17, 15) is 9.59 Å². The lowest BCUT2D eigenvalue weighted by Gasteiger charge is -2.09. The van der Waals surface area contributed by atoms with Crippen LogP contribution in [0.3, 0.4) is 0 Å². The Kier molecular flexibility index (Phi) is 29.6. The van der Waals surface area contributed by atoms with Gasteiger partial charge in [0.2, 0.25) is 5.91 Å². The summed E-state index contributed by atoms with van der Waals surface area (Å²) < 4.78 is 43.1. The van der Waals surface area contributed by atoms with Crippen LogP contribution >= 0.6 is 15.9 Å². The molecule has 0 atom stereocenters. The van der Waals surface area contributed by atoms with Gasteiger partial charge in [0.25, 0.3) is 0 Å². The molecule has 0 aromatic rings. The number of ether oxygens (including phenoxy) is 8. The number of hydrogen-bond donors (Lipinski definition) is 2. The summed E-state index contributed by atoms with van der Waals surface area (Å²) in [5.74, 6) is -1.24. The van der Waals surface area contributed by atoms with E-state index in [-0.39, 0.29) is 18.7 Å². The van der Waals surface area contributed by atoms with Crippen molar-refractivity contribution in [3.63, 3.8) is 0 Å². The van der Waals surface area contributed by atoms with E-state index >= 15 is 0 Å². The summed E-state index contributed by atoms with van der Waals surface area (Å²) in [5.41, 5.74) is 0. The average molecular weight is 591 g/mol. The third-order valence-corrected chi connectivity index (χ3v) is 4.50. The van der Waals surface area contributed by atoms with E-state index in [2.05, 4.69) is 21.2 Å². The highest BCUT2D eigenvalue weighted by Gasteiger charge is 2.04. The molecule has 1 amide bonds. The van der Waals surface area contributed by atoms with Gasteiger partial charge in [-0.25, -0.2) is 0 Å². The number of nitrogens with one attached hydrogen (secondary N) is 1. The van der Waals surface area contributed by atoms with Gasteiger partial charge in [-0.05, 0) is 6.42 Å². The fraction of sp³-hybridized carbons (Fsp3) is 0.913. The lowest BCUT2D eigenvalue weighted by atomic mass is 10.3. The number of alkyl halides is 1. The van der Waals surface area contributed by atoms with Gasteiger partial charge in [0.15, 0.2) is 0 Å². The maximum atomic E-state index is 11.3. The van der Waals surface area contributed by atoms with Gasteiger partial charge in [0.1, 0.15) is 0 Å². The van der Waals surface area contributed by atoms with Crippen molar-refractivity contribution in [1.82, 2.24) is 5.32 Å². The Morgan fingerprint density at radius 3 is 1.19 bits per heavy atom. The Hall–Kier alpha value is -0.900. The summed E-state index contributed by atoms with van der Waals surface area (Å²) in [6.45, 7) is 8.78. The Morgan fingerprint density at radius 2 is 0.861 bits per heavy atom. The van der Waals surface area contributed by atoms with Gasteiger partial charge < -0.3 is 48.3 Å². The van der Waals surface area contributed by atoms with Gasteiger partial charge in [-0.2, -0.15) is 0 Å². The molecule has 2 N–H and O–H groups in total. The predicted molar refractivity (Wildman–Crippen MR) is 135 cm³/mol. The zero-order valence-corrected chi connectivity index (χ0v) is 22.8. The Morgan fingerprint density at radius 1 is 0.528 bits per heavy atom. The molecular weight excluding hydrogens is 546 g/mol. The normalized spacial score (nSPS) is 11.1. The fourth-order valence-electron chi connectivity index (χ4n) is 2.41. The van der Waals surface area contributed by atoms with Crippen LogP contribution in [0, 0.1) is 0 Å². The topological polar surface area (TPSA) is 140 Å². The van der Waals surface area contributed by atoms with Crippen LogP contribution in [-0.2, 0) is 47.5 Å². The molecule has 0 heterocycles. The highest BCUT2D eigenvalue weighted by molar-refractivity contribution is 9.09. The highest BCUT2D eigenvalue weighted by atomic mass is 79.9. The Labute approximate surface area is 222 Å². The summed E-state index contributed by atoms with van der Waals surface area (Å²) >= 11 is 3.29. The predicted octanol–water partition coefficient (Wildman–Crippen LogP) is 0.885. The first-order valence-corrected chi connectivity index (χ1v) is 13.5. The number of halogens is 1. The minimum Gasteiger partial charge on any atom is -0.481 e. The minimum atomic E-state index is -0.979. The first-order valence-electron chi connectivity index (χ1n) is 12.3. The monoisotopic (exact) mass is 589 g/mol. The molecule has 36 heavy (non-hydrogen) atoms. The largest absolute Gasteiger partial charge is 0.481 e. The van der Waals surface area contributed by atoms with Crippen LogP contribution in [0.25, 0.3) is 0 Å². The van der Waals surface area contributed by atoms with E-state index in [1.165, 1.54) is 0 Å². The van der Waals surface area contributed by atoms with Crippen LogP contribution < -0.4 is 5.32 Å². The molecule has 0 aliphatic heterocycles. The maximum Gasteiger partial charge on any atom is 0.303 e. The van der Waals surface area contributed by atoms with Crippen LogP contribution in [0.4, 0.5) is 0 Å². The van der Waals surface area contributed by atoms with Crippen LogP contribution in [0.5, 0.6) is 0 Å². The average Bonchev–Trinajstić information content (AvgIpc) is 2.87. The van der Waals surface area contributed by atoms with Gasteiger partial charge in [-0.3, -0.25) is 9.59 Å². The van der Waals surface area contributed by atoms with Crippen LogP contribution in [0.15, 0.2) is 0 Å². The number of carbonyl (C=O) groups is 2. The molecule has 0 aromatic carbocycles. The fourth-order valence-corrected chi connectivity index (χ4v) is 2.64. The van der Waals surface area contributed by atoms with Crippen LogP contribution in [0.1, 0.15) is 19.3 Å². The second kappa shape index (κ2) is 30.3. The molecule has 0 aliphatic rings. The van der Waals surface area contributed by atoms with Crippen molar-refractivity contribution in [2.45, 2.75) is 19.3 Å². The van der Waals surface area contributed by atoms with Crippen molar-refractivity contribution in [1.29, 1.82) is 0 Å². The molecule has 0 aliphatic carbocycles. The smallest absolute Gasteiger partial charge is 0.303 e. The molecule has 0 unspecified atom stereocenters. The number of amides is 1. The van der Waals surface area contributed by atoms with Gasteiger partial charge in [-0.15, -0.1) is 0 Å². The lowest BCUT2D eigenvalue weighted by molar-refractivity contribution is -0.138. The summed E-state index contributed by atoms with van der Waals surface area (Å²) in [6.07, 6.45) is 0.495.